The first-order valence-electron chi connectivity index (χ1n) is 12.6. The van der Waals surface area contributed by atoms with Gasteiger partial charge in [-0.25, -0.2) is 9.59 Å². The van der Waals surface area contributed by atoms with Gasteiger partial charge in [-0.15, -0.1) is 0 Å². The van der Waals surface area contributed by atoms with Crippen LogP contribution in [-0.2, 0) is 26.6 Å². The second-order valence-corrected chi connectivity index (χ2v) is 12.5. The minimum Gasteiger partial charge on any atom is -0.394 e. The molecule has 0 radical (unpaired) electrons. The first-order chi connectivity index (χ1) is 21.1. The van der Waals surface area contributed by atoms with Crippen molar-refractivity contribution >= 4 is 29.3 Å². The number of hydrogen-bond donors (Lipinski definition) is 17. The van der Waals surface area contributed by atoms with Crippen LogP contribution in [0.4, 0.5) is 11.6 Å². The molecule has 0 saturated carbocycles. The van der Waals surface area contributed by atoms with Crippen LogP contribution in [0.2, 0.25) is 0 Å². The van der Waals surface area contributed by atoms with E-state index in [1.165, 1.54) is 0 Å². The summed E-state index contributed by atoms with van der Waals surface area (Å²) in [6, 6.07) is 0. The SMILES string of the molecule is O=c1[nH]c(NC[C@H](O)[C@H](O)[C@H](O)CO)c(CP(=O)(O)O)c(=O)[nH]1.O=c1[nH]c(NC[C@H](O)[C@H](O)[C@H](O)CO)c(CS(=O)(=O)O)c(=O)[nH]1. The highest BCUT2D eigenvalue weighted by Gasteiger charge is 2.27. The molecule has 46 heavy (non-hydrogen) atoms. The third kappa shape index (κ3) is 13.6. The van der Waals surface area contributed by atoms with Crippen LogP contribution in [0.15, 0.2) is 19.2 Å². The van der Waals surface area contributed by atoms with E-state index in [0.717, 1.165) is 0 Å². The second-order valence-electron chi connectivity index (χ2n) is 9.45. The van der Waals surface area contributed by atoms with Crippen molar-refractivity contribution in [3.63, 3.8) is 0 Å². The molecule has 0 aliphatic rings. The van der Waals surface area contributed by atoms with E-state index in [1.54, 1.807) is 9.97 Å². The van der Waals surface area contributed by atoms with Crippen LogP contribution < -0.4 is 33.1 Å². The van der Waals surface area contributed by atoms with Gasteiger partial charge in [0.15, 0.2) is 0 Å². The van der Waals surface area contributed by atoms with Crippen molar-refractivity contribution in [3.8, 4) is 0 Å². The van der Waals surface area contributed by atoms with E-state index < -0.39 is 126 Å². The van der Waals surface area contributed by atoms with Crippen LogP contribution in [0.5, 0.6) is 0 Å². The summed E-state index contributed by atoms with van der Waals surface area (Å²) < 4.78 is 41.6. The standard InChI is InChI=1S/C10H18N3O9P.C10H17N3O9S/c2*14-2-6(16)7(17)5(15)1-11-8-4(3-23(20,21)22)9(18)13-10(19)12-8/h5-7,14-17H,1-3H2,(H2,20,21,22)(H3,11,12,13,18,19);5-7,14-17H,1-3H2,(H,20,21,22)(H3,11,12,13,18,19)/t2*5-,6+,7-/m00/s1. The minimum atomic E-state index is -4.61. The van der Waals surface area contributed by atoms with Gasteiger partial charge in [0.2, 0.25) is 0 Å². The van der Waals surface area contributed by atoms with Crippen LogP contribution in [0.25, 0.3) is 0 Å². The molecule has 17 N–H and O–H groups in total. The summed E-state index contributed by atoms with van der Waals surface area (Å²) in [5.41, 5.74) is -4.97. The molecule has 264 valence electrons. The monoisotopic (exact) mass is 710 g/mol. The molecule has 0 bridgehead atoms. The van der Waals surface area contributed by atoms with E-state index in [1.807, 2.05) is 0 Å². The molecule has 0 amide bonds. The summed E-state index contributed by atoms with van der Waals surface area (Å²) >= 11 is 0. The van der Waals surface area contributed by atoms with Crippen LogP contribution in [0.3, 0.4) is 0 Å². The highest BCUT2D eigenvalue weighted by Crippen LogP contribution is 2.39. The van der Waals surface area contributed by atoms with Crippen molar-refractivity contribution < 1.29 is 68.2 Å². The van der Waals surface area contributed by atoms with Crippen molar-refractivity contribution in [2.24, 2.45) is 0 Å². The molecule has 2 heterocycles. The fourth-order valence-corrected chi connectivity index (χ4v) is 4.74. The van der Waals surface area contributed by atoms with Gasteiger partial charge in [-0.2, -0.15) is 8.42 Å². The zero-order chi connectivity index (χ0) is 35.6. The van der Waals surface area contributed by atoms with Gasteiger partial charge in [-0.05, 0) is 0 Å². The lowest BCUT2D eigenvalue weighted by Gasteiger charge is -2.22. The Morgan fingerprint density at radius 1 is 0.652 bits per heavy atom. The maximum atomic E-state index is 11.6. The molecule has 26 heteroatoms. The maximum Gasteiger partial charge on any atom is 0.330 e. The quantitative estimate of drug-likeness (QED) is 0.0568. The number of hydrogen-bond acceptors (Lipinski definition) is 17. The largest absolute Gasteiger partial charge is 0.394 e. The molecular formula is C20H35N6O18PS. The Labute approximate surface area is 256 Å². The molecule has 2 rings (SSSR count). The Morgan fingerprint density at radius 2 is 1.02 bits per heavy atom. The van der Waals surface area contributed by atoms with Crippen molar-refractivity contribution in [2.75, 3.05) is 36.9 Å². The van der Waals surface area contributed by atoms with Gasteiger partial charge in [0.05, 0.1) is 42.7 Å². The van der Waals surface area contributed by atoms with Crippen molar-refractivity contribution in [1.82, 2.24) is 19.9 Å². The average molecular weight is 711 g/mol. The Bertz CT molecular complexity index is 1670. The highest BCUT2D eigenvalue weighted by molar-refractivity contribution is 7.85. The van der Waals surface area contributed by atoms with Crippen molar-refractivity contribution in [2.45, 2.75) is 48.5 Å². The zero-order valence-electron chi connectivity index (χ0n) is 23.3. The predicted molar refractivity (Wildman–Crippen MR) is 154 cm³/mol. The zero-order valence-corrected chi connectivity index (χ0v) is 25.1. The number of aromatic amines is 4. The van der Waals surface area contributed by atoms with E-state index in [4.69, 9.17) is 24.6 Å². The van der Waals surface area contributed by atoms with E-state index in [0.29, 0.717) is 0 Å². The molecule has 0 saturated heterocycles. The molecule has 2 aromatic rings. The second kappa shape index (κ2) is 17.6. The third-order valence-corrected chi connectivity index (χ3v) is 7.08. The Hall–Kier alpha value is -3.30. The number of anilines is 2. The Balaban J connectivity index is 0.000000460. The lowest BCUT2D eigenvalue weighted by molar-refractivity contribution is -0.0715. The van der Waals surface area contributed by atoms with E-state index in [2.05, 4.69) is 20.6 Å². The number of H-pyrrole nitrogens is 4. The molecule has 0 aromatic carbocycles. The number of aromatic nitrogens is 4. The molecule has 2 aromatic heterocycles. The topological polar surface area (TPSA) is 429 Å². The number of rotatable bonds is 16. The Kier molecular flexibility index (Phi) is 15.6. The first-order valence-corrected chi connectivity index (χ1v) is 16.0. The van der Waals surface area contributed by atoms with E-state index in [-0.39, 0.29) is 11.6 Å². The summed E-state index contributed by atoms with van der Waals surface area (Å²) in [6.07, 6.45) is -10.8. The number of aliphatic hydroxyl groups is 8. The fourth-order valence-electron chi connectivity index (χ4n) is 3.39. The molecule has 6 atom stereocenters. The van der Waals surface area contributed by atoms with Crippen LogP contribution in [0, 0.1) is 0 Å². The highest BCUT2D eigenvalue weighted by atomic mass is 32.2. The van der Waals surface area contributed by atoms with Crippen LogP contribution in [0.1, 0.15) is 11.1 Å². The first kappa shape index (κ1) is 40.7. The lowest BCUT2D eigenvalue weighted by Crippen LogP contribution is -2.43. The average Bonchev–Trinajstić information content (AvgIpc) is 2.95. The van der Waals surface area contributed by atoms with Gasteiger partial charge in [0.1, 0.15) is 41.8 Å². The summed E-state index contributed by atoms with van der Waals surface area (Å²) in [5, 5.41) is 78.5. The van der Waals surface area contributed by atoms with Gasteiger partial charge in [-0.1, -0.05) is 0 Å². The van der Waals surface area contributed by atoms with Gasteiger partial charge in [-0.3, -0.25) is 38.6 Å². The van der Waals surface area contributed by atoms with E-state index in [9.17, 15) is 62.8 Å². The molecule has 0 unspecified atom stereocenters. The maximum absolute atomic E-state index is 11.6. The number of aliphatic hydroxyl groups excluding tert-OH is 8. The molecule has 24 nitrogen and oxygen atoms in total. The molecule has 0 spiro atoms. The summed E-state index contributed by atoms with van der Waals surface area (Å²) in [7, 11) is -9.18. The summed E-state index contributed by atoms with van der Waals surface area (Å²) in [5.74, 6) is -1.83. The lowest BCUT2D eigenvalue weighted by atomic mass is 10.1. The molecule has 0 fully saturated rings. The third-order valence-electron chi connectivity index (χ3n) is 5.70. The smallest absolute Gasteiger partial charge is 0.330 e. The fraction of sp³-hybridized carbons (Fsp3) is 0.600. The molecule has 0 aliphatic heterocycles. The minimum absolute atomic E-state index is 0.341. The summed E-state index contributed by atoms with van der Waals surface area (Å²) in [6.45, 7) is -2.60. The number of nitrogens with one attached hydrogen (secondary N) is 6. The van der Waals surface area contributed by atoms with Gasteiger partial charge >= 0.3 is 19.0 Å². The predicted octanol–water partition coefficient (Wildman–Crippen LogP) is -7.83. The van der Waals surface area contributed by atoms with Crippen LogP contribution >= 0.6 is 7.60 Å². The normalized spacial score (nSPS) is 15.9. The summed E-state index contributed by atoms with van der Waals surface area (Å²) in [4.78, 5) is 71.3. The Morgan fingerprint density at radius 3 is 1.37 bits per heavy atom. The van der Waals surface area contributed by atoms with Crippen molar-refractivity contribution in [1.29, 1.82) is 0 Å². The van der Waals surface area contributed by atoms with Gasteiger partial charge < -0.3 is 61.3 Å². The molecular weight excluding hydrogens is 675 g/mol. The van der Waals surface area contributed by atoms with Crippen LogP contribution in [-0.4, -0.2) is 146 Å². The molecule has 0 aliphatic carbocycles. The van der Waals surface area contributed by atoms with Gasteiger partial charge in [0, 0.05) is 13.1 Å². The van der Waals surface area contributed by atoms with Crippen molar-refractivity contribution in [3.05, 3.63) is 52.8 Å². The van der Waals surface area contributed by atoms with E-state index >= 15 is 0 Å². The van der Waals surface area contributed by atoms with Gasteiger partial charge in [0.25, 0.3) is 21.2 Å².